The third-order valence-corrected chi connectivity index (χ3v) is 4.91. The summed E-state index contributed by atoms with van der Waals surface area (Å²) >= 11 is 0. The van der Waals surface area contributed by atoms with Gasteiger partial charge in [-0.15, -0.1) is 0 Å². The second-order valence-corrected chi connectivity index (χ2v) is 6.35. The van der Waals surface area contributed by atoms with Crippen LogP contribution in [0.2, 0.25) is 0 Å². The standard InChI is InChI=1S/C15H29NO/c17-13-15(9-5-6-10-15)12-16-11-14-7-3-1-2-4-8-14/h14,16-17H,1-13H2. The Morgan fingerprint density at radius 3 is 2.18 bits per heavy atom. The first-order valence-corrected chi connectivity index (χ1v) is 7.66. The molecule has 2 N–H and O–H groups in total. The van der Waals surface area contributed by atoms with E-state index in [0.717, 1.165) is 12.5 Å². The molecule has 0 aromatic rings. The lowest BCUT2D eigenvalue weighted by molar-refractivity contribution is 0.126. The van der Waals surface area contributed by atoms with E-state index in [4.69, 9.17) is 0 Å². The van der Waals surface area contributed by atoms with Gasteiger partial charge in [-0.3, -0.25) is 0 Å². The lowest BCUT2D eigenvalue weighted by Gasteiger charge is -2.28. The summed E-state index contributed by atoms with van der Waals surface area (Å²) in [5.74, 6) is 0.898. The summed E-state index contributed by atoms with van der Waals surface area (Å²) in [5, 5.41) is 13.2. The molecule has 2 rings (SSSR count). The van der Waals surface area contributed by atoms with E-state index in [-0.39, 0.29) is 5.41 Å². The molecule has 100 valence electrons. The fourth-order valence-corrected chi connectivity index (χ4v) is 3.63. The van der Waals surface area contributed by atoms with Crippen molar-refractivity contribution in [2.45, 2.75) is 64.2 Å². The molecular formula is C15H29NO. The zero-order chi connectivity index (χ0) is 12.0. The number of hydrogen-bond donors (Lipinski definition) is 2. The third-order valence-electron chi connectivity index (χ3n) is 4.91. The topological polar surface area (TPSA) is 32.3 Å². The fraction of sp³-hybridized carbons (Fsp3) is 1.00. The molecule has 0 saturated heterocycles. The van der Waals surface area contributed by atoms with Crippen LogP contribution < -0.4 is 5.32 Å². The molecule has 0 aromatic carbocycles. The summed E-state index contributed by atoms with van der Waals surface area (Å²) in [6, 6.07) is 0. The molecule has 0 bridgehead atoms. The second kappa shape index (κ2) is 6.75. The molecule has 2 saturated carbocycles. The Balaban J connectivity index is 1.67. The lowest BCUT2D eigenvalue weighted by atomic mass is 9.87. The van der Waals surface area contributed by atoms with Crippen LogP contribution in [0.3, 0.4) is 0 Å². The Labute approximate surface area is 106 Å². The van der Waals surface area contributed by atoms with Crippen molar-refractivity contribution >= 4 is 0 Å². The highest BCUT2D eigenvalue weighted by Gasteiger charge is 2.32. The minimum atomic E-state index is 0.227. The van der Waals surface area contributed by atoms with Crippen molar-refractivity contribution in [2.24, 2.45) is 11.3 Å². The van der Waals surface area contributed by atoms with Crippen LogP contribution in [-0.4, -0.2) is 24.8 Å². The van der Waals surface area contributed by atoms with E-state index in [0.29, 0.717) is 6.61 Å². The van der Waals surface area contributed by atoms with Gasteiger partial charge >= 0.3 is 0 Å². The van der Waals surface area contributed by atoms with Gasteiger partial charge in [-0.25, -0.2) is 0 Å². The predicted octanol–water partition coefficient (Wildman–Crippen LogP) is 3.10. The Bertz CT molecular complexity index is 203. The van der Waals surface area contributed by atoms with Crippen molar-refractivity contribution in [1.82, 2.24) is 5.32 Å². The molecule has 0 amide bonds. The Morgan fingerprint density at radius 1 is 0.941 bits per heavy atom. The van der Waals surface area contributed by atoms with Crippen LogP contribution in [-0.2, 0) is 0 Å². The Hall–Kier alpha value is -0.0800. The lowest BCUT2D eigenvalue weighted by Crippen LogP contribution is -2.37. The van der Waals surface area contributed by atoms with Gasteiger partial charge in [-0.2, -0.15) is 0 Å². The van der Waals surface area contributed by atoms with Crippen molar-refractivity contribution < 1.29 is 5.11 Å². The Kier molecular flexibility index (Phi) is 5.30. The van der Waals surface area contributed by atoms with Gasteiger partial charge in [0.25, 0.3) is 0 Å². The fourth-order valence-electron chi connectivity index (χ4n) is 3.63. The molecule has 2 fully saturated rings. The molecule has 17 heavy (non-hydrogen) atoms. The summed E-state index contributed by atoms with van der Waals surface area (Å²) in [5.41, 5.74) is 0.227. The molecule has 0 aromatic heterocycles. The maximum absolute atomic E-state index is 9.56. The van der Waals surface area contributed by atoms with Crippen LogP contribution in [0.15, 0.2) is 0 Å². The van der Waals surface area contributed by atoms with Gasteiger partial charge in [0.2, 0.25) is 0 Å². The Morgan fingerprint density at radius 2 is 1.59 bits per heavy atom. The van der Waals surface area contributed by atoms with E-state index in [1.165, 1.54) is 70.8 Å². The molecule has 2 heteroatoms. The van der Waals surface area contributed by atoms with Crippen molar-refractivity contribution in [2.75, 3.05) is 19.7 Å². The molecule has 0 heterocycles. The van der Waals surface area contributed by atoms with E-state index >= 15 is 0 Å². The van der Waals surface area contributed by atoms with Gasteiger partial charge in [0.15, 0.2) is 0 Å². The molecule has 0 radical (unpaired) electrons. The highest BCUT2D eigenvalue weighted by atomic mass is 16.3. The van der Waals surface area contributed by atoms with Gasteiger partial charge in [0.1, 0.15) is 0 Å². The van der Waals surface area contributed by atoms with Gasteiger partial charge in [-0.1, -0.05) is 38.5 Å². The highest BCUT2D eigenvalue weighted by molar-refractivity contribution is 4.86. The summed E-state index contributed by atoms with van der Waals surface area (Å²) in [7, 11) is 0. The molecule has 0 aliphatic heterocycles. The maximum atomic E-state index is 9.56. The maximum Gasteiger partial charge on any atom is 0.0499 e. The number of rotatable bonds is 5. The van der Waals surface area contributed by atoms with Crippen LogP contribution in [0.5, 0.6) is 0 Å². The van der Waals surface area contributed by atoms with Crippen LogP contribution in [0.1, 0.15) is 64.2 Å². The normalized spacial score (nSPS) is 25.9. The van der Waals surface area contributed by atoms with Gasteiger partial charge in [0.05, 0.1) is 0 Å². The molecule has 2 nitrogen and oxygen atoms in total. The monoisotopic (exact) mass is 239 g/mol. The number of hydrogen-bond acceptors (Lipinski definition) is 2. The van der Waals surface area contributed by atoms with Crippen LogP contribution in [0, 0.1) is 11.3 Å². The first kappa shape index (κ1) is 13.4. The van der Waals surface area contributed by atoms with Crippen LogP contribution >= 0.6 is 0 Å². The molecule has 0 unspecified atom stereocenters. The SMILES string of the molecule is OCC1(CNCC2CCCCCC2)CCCC1. The van der Waals surface area contributed by atoms with E-state index in [2.05, 4.69) is 5.32 Å². The summed E-state index contributed by atoms with van der Waals surface area (Å²) in [6.45, 7) is 2.60. The number of aliphatic hydroxyl groups is 1. The summed E-state index contributed by atoms with van der Waals surface area (Å²) in [4.78, 5) is 0. The predicted molar refractivity (Wildman–Crippen MR) is 72.0 cm³/mol. The second-order valence-electron chi connectivity index (χ2n) is 6.35. The largest absolute Gasteiger partial charge is 0.396 e. The van der Waals surface area contributed by atoms with Crippen molar-refractivity contribution in [3.8, 4) is 0 Å². The minimum absolute atomic E-state index is 0.227. The van der Waals surface area contributed by atoms with Gasteiger partial charge < -0.3 is 10.4 Å². The average molecular weight is 239 g/mol. The highest BCUT2D eigenvalue weighted by Crippen LogP contribution is 2.37. The van der Waals surface area contributed by atoms with E-state index in [1.54, 1.807) is 0 Å². The quantitative estimate of drug-likeness (QED) is 0.723. The average Bonchev–Trinajstić information content (AvgIpc) is 2.67. The van der Waals surface area contributed by atoms with Crippen molar-refractivity contribution in [3.63, 3.8) is 0 Å². The van der Waals surface area contributed by atoms with E-state index < -0.39 is 0 Å². The van der Waals surface area contributed by atoms with Crippen molar-refractivity contribution in [3.05, 3.63) is 0 Å². The molecule has 0 spiro atoms. The first-order valence-electron chi connectivity index (χ1n) is 7.66. The molecule has 2 aliphatic rings. The smallest absolute Gasteiger partial charge is 0.0499 e. The zero-order valence-electron chi connectivity index (χ0n) is 11.2. The molecule has 2 aliphatic carbocycles. The summed E-state index contributed by atoms with van der Waals surface area (Å²) < 4.78 is 0. The van der Waals surface area contributed by atoms with Gasteiger partial charge in [-0.05, 0) is 38.1 Å². The minimum Gasteiger partial charge on any atom is -0.396 e. The van der Waals surface area contributed by atoms with Crippen molar-refractivity contribution in [1.29, 1.82) is 0 Å². The first-order chi connectivity index (χ1) is 8.35. The number of nitrogens with one attached hydrogen (secondary N) is 1. The molecular weight excluding hydrogens is 210 g/mol. The van der Waals surface area contributed by atoms with Crippen LogP contribution in [0.25, 0.3) is 0 Å². The molecule has 0 atom stereocenters. The zero-order valence-corrected chi connectivity index (χ0v) is 11.2. The summed E-state index contributed by atoms with van der Waals surface area (Å²) in [6.07, 6.45) is 13.6. The van der Waals surface area contributed by atoms with E-state index in [9.17, 15) is 5.11 Å². The third kappa shape index (κ3) is 3.96. The van der Waals surface area contributed by atoms with E-state index in [1.807, 2.05) is 0 Å². The van der Waals surface area contributed by atoms with Gasteiger partial charge in [0, 0.05) is 18.6 Å². The number of aliphatic hydroxyl groups excluding tert-OH is 1. The van der Waals surface area contributed by atoms with Crippen LogP contribution in [0.4, 0.5) is 0 Å².